The lowest BCUT2D eigenvalue weighted by atomic mass is 9.62. The highest BCUT2D eigenvalue weighted by Gasteiger charge is 2.46. The van der Waals surface area contributed by atoms with Crippen molar-refractivity contribution in [3.8, 4) is 0 Å². The van der Waals surface area contributed by atoms with Crippen molar-refractivity contribution in [2.45, 2.75) is 44.2 Å². The molecule has 0 radical (unpaired) electrons. The Morgan fingerprint density at radius 3 is 2.26 bits per heavy atom. The Bertz CT molecular complexity index is 677. The van der Waals surface area contributed by atoms with Gasteiger partial charge in [-0.3, -0.25) is 0 Å². The molecule has 2 unspecified atom stereocenters. The van der Waals surface area contributed by atoms with Crippen molar-refractivity contribution >= 4 is 12.4 Å². The van der Waals surface area contributed by atoms with E-state index in [2.05, 4.69) is 73.8 Å². The highest BCUT2D eigenvalue weighted by Crippen LogP contribution is 2.46. The van der Waals surface area contributed by atoms with E-state index < -0.39 is 0 Å². The minimum absolute atomic E-state index is 0. The quantitative estimate of drug-likeness (QED) is 0.740. The minimum atomic E-state index is -0.180. The first-order chi connectivity index (χ1) is 12.6. The summed E-state index contributed by atoms with van der Waals surface area (Å²) in [5.74, 6) is 0.150. The Morgan fingerprint density at radius 2 is 1.67 bits per heavy atom. The van der Waals surface area contributed by atoms with E-state index in [1.807, 2.05) is 6.07 Å². The van der Waals surface area contributed by atoms with E-state index in [0.717, 1.165) is 32.5 Å². The van der Waals surface area contributed by atoms with E-state index in [-0.39, 0.29) is 35.9 Å². The molecule has 1 aliphatic heterocycles. The van der Waals surface area contributed by atoms with E-state index in [4.69, 9.17) is 4.74 Å². The third kappa shape index (κ3) is 5.32. The normalized spacial score (nSPS) is 22.6. The maximum Gasteiger partial charge on any atom is 0.0635 e. The maximum absolute atomic E-state index is 10.3. The first-order valence-electron chi connectivity index (χ1n) is 9.61. The van der Waals surface area contributed by atoms with Crippen molar-refractivity contribution in [3.05, 3.63) is 71.8 Å². The SMILES string of the molecule is CC1(C)CC(c2ccccc2)(C(CO)CNCc2ccccc2)CCO1.Cl. The molecular weight excluding hydrogens is 358 g/mol. The first kappa shape index (κ1) is 21.9. The van der Waals surface area contributed by atoms with Gasteiger partial charge in [-0.15, -0.1) is 12.4 Å². The molecule has 2 aromatic carbocycles. The van der Waals surface area contributed by atoms with Crippen LogP contribution < -0.4 is 5.32 Å². The monoisotopic (exact) mass is 389 g/mol. The molecule has 3 nitrogen and oxygen atoms in total. The van der Waals surface area contributed by atoms with Crippen LogP contribution in [0.2, 0.25) is 0 Å². The number of halogens is 1. The van der Waals surface area contributed by atoms with Crippen LogP contribution in [0.25, 0.3) is 0 Å². The number of rotatable bonds is 7. The second-order valence-electron chi connectivity index (χ2n) is 8.05. The van der Waals surface area contributed by atoms with Crippen LogP contribution >= 0.6 is 12.4 Å². The topological polar surface area (TPSA) is 41.5 Å². The largest absolute Gasteiger partial charge is 0.396 e. The van der Waals surface area contributed by atoms with Gasteiger partial charge in [0.15, 0.2) is 0 Å². The summed E-state index contributed by atoms with van der Waals surface area (Å²) in [6, 6.07) is 21.1. The Morgan fingerprint density at radius 1 is 1.04 bits per heavy atom. The van der Waals surface area contributed by atoms with Gasteiger partial charge in [-0.1, -0.05) is 60.7 Å². The molecule has 2 aromatic rings. The lowest BCUT2D eigenvalue weighted by Crippen LogP contribution is -2.51. The summed E-state index contributed by atoms with van der Waals surface area (Å²) in [6.45, 7) is 6.84. The van der Waals surface area contributed by atoms with Crippen LogP contribution in [0.5, 0.6) is 0 Å². The fourth-order valence-corrected chi connectivity index (χ4v) is 4.43. The molecule has 1 saturated heterocycles. The van der Waals surface area contributed by atoms with Crippen LogP contribution in [0.15, 0.2) is 60.7 Å². The van der Waals surface area contributed by atoms with Gasteiger partial charge in [0.25, 0.3) is 0 Å². The van der Waals surface area contributed by atoms with Gasteiger partial charge < -0.3 is 15.2 Å². The minimum Gasteiger partial charge on any atom is -0.396 e. The Balaban J connectivity index is 0.00000261. The Labute approximate surface area is 169 Å². The number of aliphatic hydroxyl groups excluding tert-OH is 1. The average Bonchev–Trinajstić information content (AvgIpc) is 2.66. The highest BCUT2D eigenvalue weighted by atomic mass is 35.5. The van der Waals surface area contributed by atoms with E-state index in [9.17, 15) is 5.11 Å². The predicted molar refractivity (Wildman–Crippen MR) is 113 cm³/mol. The zero-order valence-electron chi connectivity index (χ0n) is 16.4. The molecule has 0 spiro atoms. The average molecular weight is 390 g/mol. The molecule has 1 heterocycles. The molecule has 3 rings (SSSR count). The standard InChI is InChI=1S/C23H31NO2.ClH/c1-22(2)18-23(13-14-26-22,20-11-7-4-8-12-20)21(17-25)16-24-15-19-9-5-3-6-10-19;/h3-12,21,24-25H,13-18H2,1-2H3;1H. The summed E-state index contributed by atoms with van der Waals surface area (Å²) in [5, 5.41) is 13.9. The third-order valence-corrected chi connectivity index (χ3v) is 5.70. The smallest absolute Gasteiger partial charge is 0.0635 e. The van der Waals surface area contributed by atoms with Gasteiger partial charge >= 0.3 is 0 Å². The molecule has 2 N–H and O–H groups in total. The van der Waals surface area contributed by atoms with Crippen LogP contribution in [0.1, 0.15) is 37.8 Å². The molecule has 0 aromatic heterocycles. The Hall–Kier alpha value is -1.39. The fourth-order valence-electron chi connectivity index (χ4n) is 4.43. The van der Waals surface area contributed by atoms with Gasteiger partial charge in [0.2, 0.25) is 0 Å². The van der Waals surface area contributed by atoms with Gasteiger partial charge in [0, 0.05) is 37.6 Å². The number of ether oxygens (including phenoxy) is 1. The summed E-state index contributed by atoms with van der Waals surface area (Å²) in [5.41, 5.74) is 2.34. The zero-order valence-corrected chi connectivity index (χ0v) is 17.2. The fraction of sp³-hybridized carbons (Fsp3) is 0.478. The second kappa shape index (κ2) is 9.70. The second-order valence-corrected chi connectivity index (χ2v) is 8.05. The molecule has 0 aliphatic carbocycles. The summed E-state index contributed by atoms with van der Waals surface area (Å²) >= 11 is 0. The maximum atomic E-state index is 10.3. The molecular formula is C23H32ClNO2. The summed E-state index contributed by atoms with van der Waals surface area (Å²) in [7, 11) is 0. The number of benzene rings is 2. The van der Waals surface area contributed by atoms with Crippen LogP contribution in [-0.2, 0) is 16.7 Å². The van der Waals surface area contributed by atoms with Crippen molar-refractivity contribution in [3.63, 3.8) is 0 Å². The number of hydrogen-bond donors (Lipinski definition) is 2. The number of aliphatic hydroxyl groups is 1. The Kier molecular flexibility index (Phi) is 7.87. The van der Waals surface area contributed by atoms with Gasteiger partial charge in [-0.2, -0.15) is 0 Å². The molecule has 1 fully saturated rings. The molecule has 27 heavy (non-hydrogen) atoms. The van der Waals surface area contributed by atoms with E-state index in [0.29, 0.717) is 0 Å². The number of nitrogens with one attached hydrogen (secondary N) is 1. The molecule has 0 amide bonds. The summed E-state index contributed by atoms with van der Waals surface area (Å²) in [6.07, 6.45) is 1.86. The lowest BCUT2D eigenvalue weighted by molar-refractivity contribution is -0.0991. The van der Waals surface area contributed by atoms with E-state index >= 15 is 0 Å². The summed E-state index contributed by atoms with van der Waals surface area (Å²) in [4.78, 5) is 0. The van der Waals surface area contributed by atoms with Crippen molar-refractivity contribution in [1.29, 1.82) is 0 Å². The highest BCUT2D eigenvalue weighted by molar-refractivity contribution is 5.85. The van der Waals surface area contributed by atoms with Crippen LogP contribution in [0, 0.1) is 5.92 Å². The van der Waals surface area contributed by atoms with Gasteiger partial charge in [0.05, 0.1) is 5.60 Å². The van der Waals surface area contributed by atoms with Gasteiger partial charge in [-0.05, 0) is 37.8 Å². The van der Waals surface area contributed by atoms with Crippen LogP contribution in [-0.4, -0.2) is 30.5 Å². The van der Waals surface area contributed by atoms with Crippen molar-refractivity contribution in [2.75, 3.05) is 19.8 Å². The zero-order chi connectivity index (χ0) is 18.5. The van der Waals surface area contributed by atoms with E-state index in [1.165, 1.54) is 11.1 Å². The molecule has 1 aliphatic rings. The molecule has 148 valence electrons. The number of hydrogen-bond acceptors (Lipinski definition) is 3. The van der Waals surface area contributed by atoms with Gasteiger partial charge in [-0.25, -0.2) is 0 Å². The summed E-state index contributed by atoms with van der Waals surface area (Å²) < 4.78 is 6.01. The van der Waals surface area contributed by atoms with Gasteiger partial charge in [0.1, 0.15) is 0 Å². The van der Waals surface area contributed by atoms with Crippen molar-refractivity contribution < 1.29 is 9.84 Å². The third-order valence-electron chi connectivity index (χ3n) is 5.70. The van der Waals surface area contributed by atoms with Crippen molar-refractivity contribution in [2.24, 2.45) is 5.92 Å². The molecule has 0 bridgehead atoms. The predicted octanol–water partition coefficient (Wildman–Crippen LogP) is 4.33. The molecule has 0 saturated carbocycles. The van der Waals surface area contributed by atoms with Crippen LogP contribution in [0.4, 0.5) is 0 Å². The molecule has 2 atom stereocenters. The molecule has 4 heteroatoms. The van der Waals surface area contributed by atoms with Crippen LogP contribution in [0.3, 0.4) is 0 Å². The lowest BCUT2D eigenvalue weighted by Gasteiger charge is -2.49. The van der Waals surface area contributed by atoms with Crippen molar-refractivity contribution in [1.82, 2.24) is 5.32 Å². The van der Waals surface area contributed by atoms with E-state index in [1.54, 1.807) is 0 Å². The first-order valence-corrected chi connectivity index (χ1v) is 9.61.